The standard InChI is InChI=1S/C23H30N4O3S/c1-30-20-9-7-19(8-10-20)27-15-13-26(14-16-27)12-4-11-24-22(28)23(29)25-18-5-3-6-21(17-18)31-2/h3,5-10,17H,4,11-16H2,1-2H3,(H,24,28)(H,25,29). The summed E-state index contributed by atoms with van der Waals surface area (Å²) in [6, 6.07) is 15.6. The lowest BCUT2D eigenvalue weighted by Gasteiger charge is -2.36. The lowest BCUT2D eigenvalue weighted by Crippen LogP contribution is -2.47. The van der Waals surface area contributed by atoms with Crippen LogP contribution in [0.15, 0.2) is 53.4 Å². The highest BCUT2D eigenvalue weighted by Gasteiger charge is 2.17. The Morgan fingerprint density at radius 1 is 1.03 bits per heavy atom. The van der Waals surface area contributed by atoms with Gasteiger partial charge in [-0.25, -0.2) is 0 Å². The molecule has 1 aliphatic rings. The predicted molar refractivity (Wildman–Crippen MR) is 126 cm³/mol. The summed E-state index contributed by atoms with van der Waals surface area (Å²) in [4.78, 5) is 29.9. The van der Waals surface area contributed by atoms with Gasteiger partial charge in [0.25, 0.3) is 0 Å². The summed E-state index contributed by atoms with van der Waals surface area (Å²) >= 11 is 1.58. The molecule has 2 aromatic carbocycles. The molecule has 3 rings (SSSR count). The van der Waals surface area contributed by atoms with Gasteiger partial charge in [0.2, 0.25) is 0 Å². The zero-order valence-corrected chi connectivity index (χ0v) is 18.9. The van der Waals surface area contributed by atoms with E-state index in [4.69, 9.17) is 4.74 Å². The molecule has 0 radical (unpaired) electrons. The van der Waals surface area contributed by atoms with E-state index in [2.05, 4.69) is 32.6 Å². The molecule has 0 atom stereocenters. The van der Waals surface area contributed by atoms with Crippen LogP contribution < -0.4 is 20.3 Å². The molecule has 31 heavy (non-hydrogen) atoms. The van der Waals surface area contributed by atoms with E-state index in [-0.39, 0.29) is 0 Å². The lowest BCUT2D eigenvalue weighted by molar-refractivity contribution is -0.136. The first kappa shape index (κ1) is 23.0. The van der Waals surface area contributed by atoms with Crippen molar-refractivity contribution in [3.63, 3.8) is 0 Å². The van der Waals surface area contributed by atoms with Gasteiger partial charge in [-0.3, -0.25) is 14.5 Å². The van der Waals surface area contributed by atoms with Crippen molar-refractivity contribution in [1.82, 2.24) is 10.2 Å². The number of ether oxygens (including phenoxy) is 1. The first-order valence-electron chi connectivity index (χ1n) is 10.4. The highest BCUT2D eigenvalue weighted by atomic mass is 32.2. The molecule has 0 unspecified atom stereocenters. The van der Waals surface area contributed by atoms with Crippen LogP contribution in [-0.4, -0.2) is 69.3 Å². The number of methoxy groups -OCH3 is 1. The van der Waals surface area contributed by atoms with Crippen LogP contribution in [0.25, 0.3) is 0 Å². The summed E-state index contributed by atoms with van der Waals surface area (Å²) < 4.78 is 5.22. The molecule has 1 saturated heterocycles. The third kappa shape index (κ3) is 6.90. The number of hydrogen-bond acceptors (Lipinski definition) is 6. The van der Waals surface area contributed by atoms with Crippen molar-refractivity contribution < 1.29 is 14.3 Å². The largest absolute Gasteiger partial charge is 0.497 e. The van der Waals surface area contributed by atoms with Crippen LogP contribution in [0.4, 0.5) is 11.4 Å². The van der Waals surface area contributed by atoms with E-state index in [1.165, 1.54) is 5.69 Å². The Morgan fingerprint density at radius 2 is 1.77 bits per heavy atom. The number of benzene rings is 2. The van der Waals surface area contributed by atoms with Crippen molar-refractivity contribution >= 4 is 35.0 Å². The van der Waals surface area contributed by atoms with Crippen LogP contribution in [0.3, 0.4) is 0 Å². The second-order valence-electron chi connectivity index (χ2n) is 7.32. The van der Waals surface area contributed by atoms with E-state index in [0.717, 1.165) is 49.8 Å². The molecule has 7 nitrogen and oxygen atoms in total. The molecule has 0 aromatic heterocycles. The maximum atomic E-state index is 12.1. The van der Waals surface area contributed by atoms with E-state index < -0.39 is 11.8 Å². The molecule has 2 amide bonds. The van der Waals surface area contributed by atoms with Crippen LogP contribution >= 0.6 is 11.8 Å². The first-order chi connectivity index (χ1) is 15.1. The van der Waals surface area contributed by atoms with Crippen molar-refractivity contribution in [2.75, 3.05) is 62.9 Å². The predicted octanol–water partition coefficient (Wildman–Crippen LogP) is 2.68. The average Bonchev–Trinajstić information content (AvgIpc) is 2.82. The van der Waals surface area contributed by atoms with Gasteiger partial charge in [-0.1, -0.05) is 6.07 Å². The van der Waals surface area contributed by atoms with Crippen LogP contribution in [0.1, 0.15) is 6.42 Å². The molecule has 0 aliphatic carbocycles. The molecule has 1 fully saturated rings. The van der Waals surface area contributed by atoms with E-state index in [1.54, 1.807) is 24.9 Å². The molecular formula is C23H30N4O3S. The van der Waals surface area contributed by atoms with E-state index in [1.807, 2.05) is 36.6 Å². The Morgan fingerprint density at radius 3 is 2.45 bits per heavy atom. The van der Waals surface area contributed by atoms with Gasteiger partial charge < -0.3 is 20.3 Å². The van der Waals surface area contributed by atoms with Gasteiger partial charge in [0.1, 0.15) is 5.75 Å². The smallest absolute Gasteiger partial charge is 0.313 e. The number of carbonyl (C=O) groups is 2. The van der Waals surface area contributed by atoms with Crippen molar-refractivity contribution in [2.24, 2.45) is 0 Å². The van der Waals surface area contributed by atoms with Gasteiger partial charge in [-0.15, -0.1) is 11.8 Å². The highest BCUT2D eigenvalue weighted by Crippen LogP contribution is 2.21. The Kier molecular flexibility index (Phi) is 8.61. The van der Waals surface area contributed by atoms with Gasteiger partial charge in [-0.2, -0.15) is 0 Å². The van der Waals surface area contributed by atoms with Crippen molar-refractivity contribution in [1.29, 1.82) is 0 Å². The number of anilines is 2. The fraction of sp³-hybridized carbons (Fsp3) is 0.391. The van der Waals surface area contributed by atoms with E-state index in [0.29, 0.717) is 12.2 Å². The quantitative estimate of drug-likeness (QED) is 0.372. The summed E-state index contributed by atoms with van der Waals surface area (Å²) in [6.07, 6.45) is 2.77. The Bertz CT molecular complexity index is 867. The molecule has 1 heterocycles. The molecule has 166 valence electrons. The van der Waals surface area contributed by atoms with Crippen LogP contribution in [0.5, 0.6) is 5.75 Å². The molecule has 0 spiro atoms. The SMILES string of the molecule is COc1ccc(N2CCN(CCCNC(=O)C(=O)Nc3cccc(SC)c3)CC2)cc1. The number of nitrogens with one attached hydrogen (secondary N) is 2. The van der Waals surface area contributed by atoms with Gasteiger partial charge in [0, 0.05) is 49.0 Å². The van der Waals surface area contributed by atoms with Crippen molar-refractivity contribution in [3.05, 3.63) is 48.5 Å². The minimum Gasteiger partial charge on any atom is -0.497 e. The Hall–Kier alpha value is -2.71. The normalized spacial score (nSPS) is 14.2. The first-order valence-corrected chi connectivity index (χ1v) is 11.7. The third-order valence-electron chi connectivity index (χ3n) is 5.28. The number of amides is 2. The van der Waals surface area contributed by atoms with Crippen LogP contribution in [0.2, 0.25) is 0 Å². The number of nitrogens with zero attached hydrogens (tertiary/aromatic N) is 2. The number of piperazine rings is 1. The fourth-order valence-electron chi connectivity index (χ4n) is 3.50. The zero-order chi connectivity index (χ0) is 22.1. The second-order valence-corrected chi connectivity index (χ2v) is 8.20. The van der Waals surface area contributed by atoms with Gasteiger partial charge in [-0.05, 0) is 61.7 Å². The van der Waals surface area contributed by atoms with Gasteiger partial charge >= 0.3 is 11.8 Å². The summed E-state index contributed by atoms with van der Waals surface area (Å²) in [5, 5.41) is 5.36. The minimum absolute atomic E-state index is 0.482. The number of carbonyl (C=O) groups excluding carboxylic acids is 2. The monoisotopic (exact) mass is 442 g/mol. The summed E-state index contributed by atoms with van der Waals surface area (Å²) in [5.74, 6) is -0.364. The maximum Gasteiger partial charge on any atom is 0.313 e. The summed E-state index contributed by atoms with van der Waals surface area (Å²) in [7, 11) is 1.67. The number of hydrogen-bond donors (Lipinski definition) is 2. The van der Waals surface area contributed by atoms with E-state index >= 15 is 0 Å². The topological polar surface area (TPSA) is 73.9 Å². The summed E-state index contributed by atoms with van der Waals surface area (Å²) in [6.45, 7) is 5.27. The third-order valence-corrected chi connectivity index (χ3v) is 6.01. The Balaban J connectivity index is 1.32. The lowest BCUT2D eigenvalue weighted by atomic mass is 10.2. The number of rotatable bonds is 8. The van der Waals surface area contributed by atoms with Gasteiger partial charge in [0.05, 0.1) is 7.11 Å². The molecule has 1 aliphatic heterocycles. The fourth-order valence-corrected chi connectivity index (χ4v) is 3.96. The molecule has 8 heteroatoms. The average molecular weight is 443 g/mol. The van der Waals surface area contributed by atoms with Gasteiger partial charge in [0.15, 0.2) is 0 Å². The van der Waals surface area contributed by atoms with Crippen LogP contribution in [-0.2, 0) is 9.59 Å². The van der Waals surface area contributed by atoms with Crippen molar-refractivity contribution in [3.8, 4) is 5.75 Å². The highest BCUT2D eigenvalue weighted by molar-refractivity contribution is 7.98. The molecule has 0 saturated carbocycles. The Labute approximate surface area is 188 Å². The molecule has 2 N–H and O–H groups in total. The minimum atomic E-state index is -0.633. The molecule has 0 bridgehead atoms. The number of thioether (sulfide) groups is 1. The maximum absolute atomic E-state index is 12.1. The van der Waals surface area contributed by atoms with E-state index in [9.17, 15) is 9.59 Å². The zero-order valence-electron chi connectivity index (χ0n) is 18.1. The molecule has 2 aromatic rings. The summed E-state index contributed by atoms with van der Waals surface area (Å²) in [5.41, 5.74) is 1.84. The second kappa shape index (κ2) is 11.6. The van der Waals surface area contributed by atoms with Crippen molar-refractivity contribution in [2.45, 2.75) is 11.3 Å². The van der Waals surface area contributed by atoms with Crippen LogP contribution in [0, 0.1) is 0 Å². The molecular weight excluding hydrogens is 412 g/mol.